The van der Waals surface area contributed by atoms with Crippen molar-refractivity contribution >= 4 is 5.97 Å². The summed E-state index contributed by atoms with van der Waals surface area (Å²) in [5, 5.41) is 0. The predicted octanol–water partition coefficient (Wildman–Crippen LogP) is 4.44. The molecule has 0 amide bonds. The minimum Gasteiger partial charge on any atom is -0.496 e. The van der Waals surface area contributed by atoms with E-state index in [0.29, 0.717) is 5.92 Å². The van der Waals surface area contributed by atoms with Gasteiger partial charge in [0.25, 0.3) is 0 Å². The summed E-state index contributed by atoms with van der Waals surface area (Å²) in [6.07, 6.45) is 3.77. The second kappa shape index (κ2) is 6.33. The number of carbonyl (C=O) groups excluding carboxylic acids is 1. The van der Waals surface area contributed by atoms with Crippen molar-refractivity contribution in [3.8, 4) is 11.5 Å². The molecule has 0 saturated carbocycles. The van der Waals surface area contributed by atoms with E-state index in [4.69, 9.17) is 14.2 Å². The van der Waals surface area contributed by atoms with Crippen molar-refractivity contribution in [2.24, 2.45) is 11.3 Å². The van der Waals surface area contributed by atoms with Crippen LogP contribution >= 0.6 is 0 Å². The lowest BCUT2D eigenvalue weighted by Gasteiger charge is -2.56. The molecule has 0 aliphatic heterocycles. The number of rotatable bonds is 3. The highest BCUT2D eigenvalue weighted by Gasteiger charge is 2.56. The van der Waals surface area contributed by atoms with Crippen LogP contribution in [0.3, 0.4) is 0 Å². The monoisotopic (exact) mass is 358 g/mol. The van der Waals surface area contributed by atoms with Gasteiger partial charge in [-0.1, -0.05) is 26.8 Å². The van der Waals surface area contributed by atoms with Crippen LogP contribution in [0.4, 0.5) is 0 Å². The highest BCUT2D eigenvalue weighted by molar-refractivity contribution is 5.67. The van der Waals surface area contributed by atoms with Crippen molar-refractivity contribution < 1.29 is 19.0 Å². The summed E-state index contributed by atoms with van der Waals surface area (Å²) < 4.78 is 17.2. The number of hydrogen-bond donors (Lipinski definition) is 0. The van der Waals surface area contributed by atoms with Crippen molar-refractivity contribution in [1.82, 2.24) is 0 Å². The van der Waals surface area contributed by atoms with Gasteiger partial charge in [-0.3, -0.25) is 4.79 Å². The molecule has 0 heterocycles. The quantitative estimate of drug-likeness (QED) is 0.592. The third-order valence-electron chi connectivity index (χ3n) is 6.51. The van der Waals surface area contributed by atoms with Crippen LogP contribution in [0, 0.1) is 11.3 Å². The fourth-order valence-electron chi connectivity index (χ4n) is 5.52. The van der Waals surface area contributed by atoms with Gasteiger partial charge in [0.2, 0.25) is 0 Å². The van der Waals surface area contributed by atoms with Gasteiger partial charge < -0.3 is 14.2 Å². The first-order valence-electron chi connectivity index (χ1n) is 9.25. The molecule has 0 radical (unpaired) electrons. The van der Waals surface area contributed by atoms with Gasteiger partial charge in [-0.2, -0.15) is 0 Å². The van der Waals surface area contributed by atoms with Crippen LogP contribution in [0.5, 0.6) is 11.5 Å². The summed E-state index contributed by atoms with van der Waals surface area (Å²) in [5.74, 6) is 1.88. The summed E-state index contributed by atoms with van der Waals surface area (Å²) in [7, 11) is 3.43. The van der Waals surface area contributed by atoms with E-state index < -0.39 is 0 Å². The van der Waals surface area contributed by atoms with Crippen molar-refractivity contribution in [2.45, 2.75) is 59.0 Å². The van der Waals surface area contributed by atoms with Gasteiger partial charge in [-0.25, -0.2) is 0 Å². The standard InChI is InChI=1S/C22H30O4/c1-13-8-11-18-21(3,4)19-15(16(24-6)9-10-17(19)25-7)12-22(18,5)20(13)26-14(2)23/h8-10,18,20H,11-12H2,1-7H3/t18-,20?,22-/m0/s1. The second-order valence-electron chi connectivity index (χ2n) is 8.45. The molecule has 142 valence electrons. The topological polar surface area (TPSA) is 44.8 Å². The maximum absolute atomic E-state index is 11.8. The molecule has 26 heavy (non-hydrogen) atoms. The van der Waals surface area contributed by atoms with Crippen molar-refractivity contribution in [1.29, 1.82) is 0 Å². The number of ether oxygens (including phenoxy) is 3. The number of allylic oxidation sites excluding steroid dienone is 1. The third kappa shape index (κ3) is 2.62. The zero-order valence-corrected chi connectivity index (χ0v) is 16.9. The zero-order valence-electron chi connectivity index (χ0n) is 16.9. The number of methoxy groups -OCH3 is 2. The van der Waals surface area contributed by atoms with Crippen LogP contribution in [0.25, 0.3) is 0 Å². The smallest absolute Gasteiger partial charge is 0.303 e. The van der Waals surface area contributed by atoms with Gasteiger partial charge in [-0.15, -0.1) is 0 Å². The van der Waals surface area contributed by atoms with Crippen molar-refractivity contribution in [3.63, 3.8) is 0 Å². The average Bonchev–Trinajstić information content (AvgIpc) is 2.56. The minimum atomic E-state index is -0.231. The molecule has 1 aromatic carbocycles. The van der Waals surface area contributed by atoms with Crippen LogP contribution in [-0.4, -0.2) is 26.3 Å². The van der Waals surface area contributed by atoms with Gasteiger partial charge in [0.05, 0.1) is 14.2 Å². The lowest BCUT2D eigenvalue weighted by atomic mass is 9.49. The Morgan fingerprint density at radius 3 is 2.31 bits per heavy atom. The predicted molar refractivity (Wildman–Crippen MR) is 102 cm³/mol. The van der Waals surface area contributed by atoms with Gasteiger partial charge in [0.15, 0.2) is 0 Å². The fourth-order valence-corrected chi connectivity index (χ4v) is 5.52. The molecule has 4 nitrogen and oxygen atoms in total. The van der Waals surface area contributed by atoms with Crippen LogP contribution < -0.4 is 9.47 Å². The molecule has 0 spiro atoms. The molecule has 0 aromatic heterocycles. The molecule has 3 atom stereocenters. The Labute approximate surface area is 156 Å². The molecule has 0 fully saturated rings. The molecule has 1 unspecified atom stereocenters. The van der Waals surface area contributed by atoms with Crippen LogP contribution in [0.15, 0.2) is 23.8 Å². The largest absolute Gasteiger partial charge is 0.496 e. The van der Waals surface area contributed by atoms with E-state index in [1.54, 1.807) is 14.2 Å². The molecule has 3 rings (SSSR count). The van der Waals surface area contributed by atoms with Crippen LogP contribution in [0.2, 0.25) is 0 Å². The fraction of sp³-hybridized carbons (Fsp3) is 0.591. The molecule has 2 aliphatic rings. The van der Waals surface area contributed by atoms with Crippen molar-refractivity contribution in [3.05, 3.63) is 34.9 Å². The highest BCUT2D eigenvalue weighted by Crippen LogP contribution is 2.60. The van der Waals surface area contributed by atoms with E-state index in [1.807, 2.05) is 12.1 Å². The number of hydrogen-bond acceptors (Lipinski definition) is 4. The normalized spacial score (nSPS) is 29.1. The first-order chi connectivity index (χ1) is 12.2. The molecular formula is C22H30O4. The first kappa shape index (κ1) is 18.8. The first-order valence-corrected chi connectivity index (χ1v) is 9.25. The summed E-state index contributed by atoms with van der Waals surface area (Å²) in [6.45, 7) is 10.4. The number of esters is 1. The maximum atomic E-state index is 11.8. The van der Waals surface area contributed by atoms with Crippen LogP contribution in [0.1, 0.15) is 52.2 Å². The molecule has 0 N–H and O–H groups in total. The summed E-state index contributed by atoms with van der Waals surface area (Å²) >= 11 is 0. The van der Waals surface area contributed by atoms with Gasteiger partial charge in [0, 0.05) is 23.5 Å². The zero-order chi connectivity index (χ0) is 19.3. The van der Waals surface area contributed by atoms with E-state index in [9.17, 15) is 4.79 Å². The van der Waals surface area contributed by atoms with E-state index in [1.165, 1.54) is 18.1 Å². The minimum absolute atomic E-state index is 0.141. The Bertz CT molecular complexity index is 762. The Hall–Kier alpha value is -1.97. The Balaban J connectivity index is 2.24. The van der Waals surface area contributed by atoms with E-state index in [2.05, 4.69) is 33.8 Å². The lowest BCUT2D eigenvalue weighted by Crippen LogP contribution is -2.55. The second-order valence-corrected chi connectivity index (χ2v) is 8.45. The molecule has 4 heteroatoms. The number of fused-ring (bicyclic) bond motifs is 2. The Kier molecular flexibility index (Phi) is 4.58. The molecule has 0 bridgehead atoms. The molecule has 2 aliphatic carbocycles. The molecular weight excluding hydrogens is 328 g/mol. The number of benzene rings is 1. The maximum Gasteiger partial charge on any atom is 0.303 e. The molecule has 0 saturated heterocycles. The van der Waals surface area contributed by atoms with Gasteiger partial charge in [-0.05, 0) is 48.8 Å². The summed E-state index contributed by atoms with van der Waals surface area (Å²) in [6, 6.07) is 3.97. The summed E-state index contributed by atoms with van der Waals surface area (Å²) in [4.78, 5) is 11.8. The third-order valence-corrected chi connectivity index (χ3v) is 6.51. The molecule has 1 aromatic rings. The Morgan fingerprint density at radius 2 is 1.73 bits per heavy atom. The van der Waals surface area contributed by atoms with E-state index in [-0.39, 0.29) is 22.9 Å². The van der Waals surface area contributed by atoms with Gasteiger partial charge in [0.1, 0.15) is 17.6 Å². The van der Waals surface area contributed by atoms with Gasteiger partial charge >= 0.3 is 5.97 Å². The highest BCUT2D eigenvalue weighted by atomic mass is 16.5. The SMILES string of the molecule is COc1ccc(OC)c2c1C[C@]1(C)C(OC(C)=O)C(C)=CC[C@H]1C2(C)C. The van der Waals surface area contributed by atoms with Crippen LogP contribution in [-0.2, 0) is 21.4 Å². The van der Waals surface area contributed by atoms with E-state index in [0.717, 1.165) is 29.9 Å². The lowest BCUT2D eigenvalue weighted by molar-refractivity contribution is -0.155. The Morgan fingerprint density at radius 1 is 1.12 bits per heavy atom. The van der Waals surface area contributed by atoms with Crippen molar-refractivity contribution in [2.75, 3.05) is 14.2 Å². The van der Waals surface area contributed by atoms with E-state index >= 15 is 0 Å². The average molecular weight is 358 g/mol. The number of carbonyl (C=O) groups is 1. The summed E-state index contributed by atoms with van der Waals surface area (Å²) in [5.41, 5.74) is 3.19.